The van der Waals surface area contributed by atoms with Gasteiger partial charge in [0.15, 0.2) is 5.11 Å². The summed E-state index contributed by atoms with van der Waals surface area (Å²) in [6.07, 6.45) is 0. The maximum atomic E-state index is 11.7. The summed E-state index contributed by atoms with van der Waals surface area (Å²) in [6, 6.07) is 13.2. The molecule has 0 fully saturated rings. The first-order valence-corrected chi connectivity index (χ1v) is 8.12. The quantitative estimate of drug-likeness (QED) is 0.482. The topological polar surface area (TPSA) is 82.3 Å². The lowest BCUT2D eigenvalue weighted by atomic mass is 10.2. The zero-order valence-corrected chi connectivity index (χ0v) is 13.8. The number of hydrogen-bond acceptors (Lipinski definition) is 4. The van der Waals surface area contributed by atoms with Crippen LogP contribution in [-0.4, -0.2) is 23.5 Å². The molecule has 8 heteroatoms. The van der Waals surface area contributed by atoms with E-state index in [1.54, 1.807) is 17.5 Å². The van der Waals surface area contributed by atoms with E-state index < -0.39 is 5.91 Å². The molecule has 0 aliphatic carbocycles. The Morgan fingerprint density at radius 3 is 2.48 bits per heavy atom. The van der Waals surface area contributed by atoms with Gasteiger partial charge in [-0.1, -0.05) is 36.4 Å². The standard InChI is InChI=1S/C15H16N4O2S2/c20-13(10-16-14(21)12-7-4-8-23-12)18-19-15(22)17-9-11-5-2-1-3-6-11/h1-8H,9-10H2,(H,16,21)(H,18,20)(H2,17,19,22). The summed E-state index contributed by atoms with van der Waals surface area (Å²) in [7, 11) is 0. The minimum atomic E-state index is -0.390. The number of thiocarbonyl (C=S) groups is 1. The minimum Gasteiger partial charge on any atom is -0.357 e. The third-order valence-corrected chi connectivity index (χ3v) is 3.88. The van der Waals surface area contributed by atoms with Crippen LogP contribution in [0, 0.1) is 0 Å². The van der Waals surface area contributed by atoms with E-state index in [-0.39, 0.29) is 12.5 Å². The first-order valence-electron chi connectivity index (χ1n) is 6.83. The highest BCUT2D eigenvalue weighted by Gasteiger charge is 2.08. The Hall–Kier alpha value is -2.45. The molecule has 23 heavy (non-hydrogen) atoms. The van der Waals surface area contributed by atoms with Crippen molar-refractivity contribution in [3.63, 3.8) is 0 Å². The fraction of sp³-hybridized carbons (Fsp3) is 0.133. The number of nitrogens with one attached hydrogen (secondary N) is 4. The number of carbonyl (C=O) groups excluding carboxylic acids is 2. The molecule has 120 valence electrons. The Labute approximate surface area is 143 Å². The minimum absolute atomic E-state index is 0.134. The van der Waals surface area contributed by atoms with Gasteiger partial charge in [-0.15, -0.1) is 11.3 Å². The molecule has 0 unspecified atom stereocenters. The van der Waals surface area contributed by atoms with Crippen LogP contribution < -0.4 is 21.5 Å². The van der Waals surface area contributed by atoms with Crippen LogP contribution in [0.4, 0.5) is 0 Å². The second kappa shape index (κ2) is 8.86. The summed E-state index contributed by atoms with van der Waals surface area (Å²) in [5.41, 5.74) is 6.07. The van der Waals surface area contributed by atoms with Crippen LogP contribution in [0.1, 0.15) is 15.2 Å². The first kappa shape index (κ1) is 16.9. The molecule has 4 N–H and O–H groups in total. The number of hydrogen-bond donors (Lipinski definition) is 4. The van der Waals surface area contributed by atoms with Gasteiger partial charge in [0.25, 0.3) is 11.8 Å². The van der Waals surface area contributed by atoms with Crippen molar-refractivity contribution >= 4 is 40.5 Å². The van der Waals surface area contributed by atoms with Gasteiger partial charge >= 0.3 is 0 Å². The molecule has 0 atom stereocenters. The molecule has 0 saturated heterocycles. The van der Waals surface area contributed by atoms with E-state index in [4.69, 9.17) is 12.2 Å². The Morgan fingerprint density at radius 1 is 1.00 bits per heavy atom. The van der Waals surface area contributed by atoms with Crippen molar-refractivity contribution in [3.8, 4) is 0 Å². The van der Waals surface area contributed by atoms with Gasteiger partial charge in [-0.05, 0) is 29.2 Å². The fourth-order valence-electron chi connectivity index (χ4n) is 1.65. The van der Waals surface area contributed by atoms with Crippen molar-refractivity contribution in [2.45, 2.75) is 6.54 Å². The summed E-state index contributed by atoms with van der Waals surface area (Å²) in [4.78, 5) is 23.9. The third-order valence-electron chi connectivity index (χ3n) is 2.77. The predicted molar refractivity (Wildman–Crippen MR) is 93.8 cm³/mol. The largest absolute Gasteiger partial charge is 0.357 e. The highest BCUT2D eigenvalue weighted by atomic mass is 32.1. The summed E-state index contributed by atoms with van der Waals surface area (Å²) >= 11 is 6.36. The fourth-order valence-corrected chi connectivity index (χ4v) is 2.41. The molecule has 2 aromatic rings. The monoisotopic (exact) mass is 348 g/mol. The smallest absolute Gasteiger partial charge is 0.261 e. The van der Waals surface area contributed by atoms with Crippen LogP contribution in [0.15, 0.2) is 47.8 Å². The SMILES string of the molecule is O=C(CNC(=O)c1cccs1)NNC(=S)NCc1ccccc1. The molecule has 0 saturated carbocycles. The summed E-state index contributed by atoms with van der Waals surface area (Å²) in [5, 5.41) is 7.58. The lowest BCUT2D eigenvalue weighted by Gasteiger charge is -2.11. The van der Waals surface area contributed by atoms with Gasteiger partial charge in [0.05, 0.1) is 11.4 Å². The van der Waals surface area contributed by atoms with Gasteiger partial charge in [-0.3, -0.25) is 20.4 Å². The van der Waals surface area contributed by atoms with Crippen molar-refractivity contribution in [1.29, 1.82) is 0 Å². The number of hydrazine groups is 1. The van der Waals surface area contributed by atoms with Gasteiger partial charge in [0, 0.05) is 6.54 Å². The van der Waals surface area contributed by atoms with E-state index in [1.807, 2.05) is 30.3 Å². The lowest BCUT2D eigenvalue weighted by Crippen LogP contribution is -2.49. The van der Waals surface area contributed by atoms with Crippen LogP contribution in [0.3, 0.4) is 0 Å². The van der Waals surface area contributed by atoms with Gasteiger partial charge in [-0.25, -0.2) is 0 Å². The Balaban J connectivity index is 1.62. The van der Waals surface area contributed by atoms with Crippen molar-refractivity contribution in [3.05, 3.63) is 58.3 Å². The molecular weight excluding hydrogens is 332 g/mol. The Bertz CT molecular complexity index is 659. The van der Waals surface area contributed by atoms with Gasteiger partial charge in [0.2, 0.25) is 0 Å². The molecule has 0 spiro atoms. The lowest BCUT2D eigenvalue weighted by molar-refractivity contribution is -0.120. The zero-order chi connectivity index (χ0) is 16.5. The van der Waals surface area contributed by atoms with Gasteiger partial charge in [0.1, 0.15) is 0 Å². The Morgan fingerprint density at radius 2 is 1.78 bits per heavy atom. The molecule has 2 rings (SSSR count). The molecule has 2 amide bonds. The second-order valence-electron chi connectivity index (χ2n) is 4.50. The molecule has 1 heterocycles. The molecule has 0 bridgehead atoms. The van der Waals surface area contributed by atoms with Gasteiger partial charge in [-0.2, -0.15) is 0 Å². The van der Waals surface area contributed by atoms with Crippen molar-refractivity contribution in [1.82, 2.24) is 21.5 Å². The predicted octanol–water partition coefficient (Wildman–Crippen LogP) is 1.17. The summed E-state index contributed by atoms with van der Waals surface area (Å²) < 4.78 is 0. The zero-order valence-electron chi connectivity index (χ0n) is 12.2. The van der Waals surface area contributed by atoms with Gasteiger partial charge < -0.3 is 10.6 Å². The molecule has 0 aliphatic heterocycles. The molecule has 0 radical (unpaired) electrons. The number of rotatable bonds is 5. The molecule has 1 aromatic heterocycles. The van der Waals surface area contributed by atoms with E-state index in [0.29, 0.717) is 16.5 Å². The van der Waals surface area contributed by atoms with Crippen molar-refractivity contribution < 1.29 is 9.59 Å². The highest BCUT2D eigenvalue weighted by Crippen LogP contribution is 2.07. The van der Waals surface area contributed by atoms with E-state index >= 15 is 0 Å². The van der Waals surface area contributed by atoms with Crippen molar-refractivity contribution in [2.24, 2.45) is 0 Å². The first-order chi connectivity index (χ1) is 11.1. The Kier molecular flexibility index (Phi) is 6.52. The number of benzene rings is 1. The van der Waals surface area contributed by atoms with Crippen LogP contribution in [0.25, 0.3) is 0 Å². The number of carbonyl (C=O) groups is 2. The van der Waals surface area contributed by atoms with E-state index in [0.717, 1.165) is 5.56 Å². The molecular formula is C15H16N4O2S2. The van der Waals surface area contributed by atoms with E-state index in [9.17, 15) is 9.59 Å². The van der Waals surface area contributed by atoms with Crippen LogP contribution in [0.2, 0.25) is 0 Å². The number of thiophene rings is 1. The maximum Gasteiger partial charge on any atom is 0.261 e. The highest BCUT2D eigenvalue weighted by molar-refractivity contribution is 7.80. The van der Waals surface area contributed by atoms with Crippen LogP contribution >= 0.6 is 23.6 Å². The van der Waals surface area contributed by atoms with Crippen LogP contribution in [0.5, 0.6) is 0 Å². The average Bonchev–Trinajstić information content (AvgIpc) is 3.11. The van der Waals surface area contributed by atoms with E-state index in [2.05, 4.69) is 21.5 Å². The van der Waals surface area contributed by atoms with E-state index in [1.165, 1.54) is 11.3 Å². The molecule has 1 aromatic carbocycles. The maximum absolute atomic E-state index is 11.7. The summed E-state index contributed by atoms with van der Waals surface area (Å²) in [5.74, 6) is -0.668. The molecule has 6 nitrogen and oxygen atoms in total. The number of amides is 2. The van der Waals surface area contributed by atoms with Crippen molar-refractivity contribution in [2.75, 3.05) is 6.54 Å². The van der Waals surface area contributed by atoms with Crippen LogP contribution in [-0.2, 0) is 11.3 Å². The average molecular weight is 348 g/mol. The summed E-state index contributed by atoms with van der Waals surface area (Å²) in [6.45, 7) is 0.419. The molecule has 0 aliphatic rings. The second-order valence-corrected chi connectivity index (χ2v) is 5.86. The normalized spacial score (nSPS) is 9.74. The third kappa shape index (κ3) is 6.05.